The van der Waals surface area contributed by atoms with Gasteiger partial charge >= 0.3 is 0 Å². The molecule has 3 atom stereocenters. The highest BCUT2D eigenvalue weighted by atomic mass is 19.3. The van der Waals surface area contributed by atoms with Crippen molar-refractivity contribution in [2.45, 2.75) is 57.0 Å². The molecule has 32 heavy (non-hydrogen) atoms. The summed E-state index contributed by atoms with van der Waals surface area (Å²) >= 11 is 0. The number of fused-ring (bicyclic) bond motifs is 4. The topological polar surface area (TPSA) is 76.5 Å². The number of amides is 1. The molecule has 0 N–H and O–H groups in total. The van der Waals surface area contributed by atoms with Crippen molar-refractivity contribution >= 4 is 22.7 Å². The molecule has 6 rings (SSSR count). The van der Waals surface area contributed by atoms with Gasteiger partial charge in [-0.15, -0.1) is 0 Å². The lowest BCUT2D eigenvalue weighted by molar-refractivity contribution is 0.0523. The van der Waals surface area contributed by atoms with Gasteiger partial charge in [0.2, 0.25) is 0 Å². The van der Waals surface area contributed by atoms with E-state index >= 15 is 0 Å². The summed E-state index contributed by atoms with van der Waals surface area (Å²) in [6, 6.07) is 9.04. The summed E-state index contributed by atoms with van der Waals surface area (Å²) in [4.78, 5) is 23.6. The highest BCUT2D eigenvalue weighted by molar-refractivity contribution is 5.99. The molecular weight excluding hydrogens is 416 g/mol. The van der Waals surface area contributed by atoms with Crippen LogP contribution in [0.4, 0.5) is 8.78 Å². The number of benzene rings is 1. The quantitative estimate of drug-likeness (QED) is 0.466. The van der Waals surface area contributed by atoms with Crippen LogP contribution in [0.2, 0.25) is 0 Å². The number of carbonyl (C=O) groups excluding carboxylic acids is 1. The molecule has 3 aromatic heterocycles. The monoisotopic (exact) mass is 437 g/mol. The maximum absolute atomic E-state index is 13.7. The van der Waals surface area contributed by atoms with Gasteiger partial charge in [-0.25, -0.2) is 18.3 Å². The van der Waals surface area contributed by atoms with Gasteiger partial charge in [0.25, 0.3) is 18.1 Å². The predicted molar refractivity (Wildman–Crippen MR) is 112 cm³/mol. The first-order valence-corrected chi connectivity index (χ1v) is 10.8. The predicted octanol–water partition coefficient (Wildman–Crippen LogP) is 4.67. The van der Waals surface area contributed by atoms with Gasteiger partial charge in [-0.1, -0.05) is 18.2 Å². The van der Waals surface area contributed by atoms with E-state index in [4.69, 9.17) is 4.42 Å². The third-order valence-corrected chi connectivity index (χ3v) is 7.00. The number of halogens is 2. The Labute approximate surface area is 182 Å². The van der Waals surface area contributed by atoms with E-state index in [9.17, 15) is 13.6 Å². The summed E-state index contributed by atoms with van der Waals surface area (Å²) in [5.41, 5.74) is 1.84. The number of hydrogen-bond acceptors (Lipinski definition) is 5. The summed E-state index contributed by atoms with van der Waals surface area (Å²) in [7, 11) is 0. The molecule has 0 unspecified atom stereocenters. The number of aromatic nitrogens is 4. The van der Waals surface area contributed by atoms with Gasteiger partial charge in [0.05, 0.1) is 5.69 Å². The third-order valence-electron chi connectivity index (χ3n) is 7.00. The lowest BCUT2D eigenvalue weighted by Gasteiger charge is -2.40. The van der Waals surface area contributed by atoms with Gasteiger partial charge in [-0.3, -0.25) is 4.79 Å². The summed E-state index contributed by atoms with van der Waals surface area (Å²) in [6.07, 6.45) is 1.91. The van der Waals surface area contributed by atoms with Crippen LogP contribution in [0, 0.1) is 6.92 Å². The fourth-order valence-corrected chi connectivity index (χ4v) is 5.54. The van der Waals surface area contributed by atoms with Crippen LogP contribution in [-0.2, 0) is 0 Å². The van der Waals surface area contributed by atoms with Crippen LogP contribution in [0.15, 0.2) is 41.1 Å². The molecule has 164 valence electrons. The van der Waals surface area contributed by atoms with E-state index in [1.54, 1.807) is 0 Å². The molecule has 2 aliphatic rings. The number of rotatable bonds is 3. The zero-order valence-corrected chi connectivity index (χ0v) is 17.4. The summed E-state index contributed by atoms with van der Waals surface area (Å²) in [5.74, 6) is 0.252. The smallest absolute Gasteiger partial charge is 0.290 e. The second-order valence-corrected chi connectivity index (χ2v) is 8.63. The van der Waals surface area contributed by atoms with E-state index in [0.717, 1.165) is 36.6 Å². The lowest BCUT2D eigenvalue weighted by atomic mass is 9.86. The Balaban J connectivity index is 1.42. The Bertz CT molecular complexity index is 1350. The third kappa shape index (κ3) is 2.76. The molecule has 0 saturated carbocycles. The average molecular weight is 437 g/mol. The van der Waals surface area contributed by atoms with Crippen molar-refractivity contribution < 1.29 is 18.0 Å². The normalized spacial score (nSPS) is 23.0. The van der Waals surface area contributed by atoms with Crippen molar-refractivity contribution in [2.75, 3.05) is 0 Å². The van der Waals surface area contributed by atoms with Gasteiger partial charge < -0.3 is 9.32 Å². The molecule has 2 fully saturated rings. The van der Waals surface area contributed by atoms with Crippen LogP contribution < -0.4 is 0 Å². The fourth-order valence-electron chi connectivity index (χ4n) is 5.54. The minimum absolute atomic E-state index is 0.116. The lowest BCUT2D eigenvalue weighted by Crippen LogP contribution is -2.47. The molecule has 9 heteroatoms. The van der Waals surface area contributed by atoms with Crippen LogP contribution in [0.3, 0.4) is 0 Å². The number of alkyl halides is 2. The highest BCUT2D eigenvalue weighted by Crippen LogP contribution is 2.45. The van der Waals surface area contributed by atoms with Gasteiger partial charge in [-0.2, -0.15) is 10.1 Å². The number of hydrogen-bond donors (Lipinski definition) is 0. The number of furan rings is 1. The minimum Gasteiger partial charge on any atom is -0.451 e. The molecule has 1 amide bonds. The molecule has 2 saturated heterocycles. The average Bonchev–Trinajstić information content (AvgIpc) is 3.48. The van der Waals surface area contributed by atoms with E-state index < -0.39 is 6.43 Å². The van der Waals surface area contributed by atoms with Gasteiger partial charge in [0.15, 0.2) is 5.76 Å². The van der Waals surface area contributed by atoms with Crippen molar-refractivity contribution in [3.8, 4) is 0 Å². The second-order valence-electron chi connectivity index (χ2n) is 8.63. The van der Waals surface area contributed by atoms with Crippen LogP contribution in [0.5, 0.6) is 0 Å². The first-order valence-electron chi connectivity index (χ1n) is 10.8. The molecule has 4 aromatic rings. The summed E-state index contributed by atoms with van der Waals surface area (Å²) in [6.45, 7) is 1.90. The van der Waals surface area contributed by atoms with Crippen molar-refractivity contribution in [2.24, 2.45) is 0 Å². The van der Waals surface area contributed by atoms with E-state index in [1.165, 1.54) is 16.9 Å². The highest BCUT2D eigenvalue weighted by Gasteiger charge is 2.47. The number of piperidine rings is 1. The Kier molecular flexibility index (Phi) is 4.28. The van der Waals surface area contributed by atoms with Crippen LogP contribution in [0.25, 0.3) is 16.7 Å². The molecule has 0 radical (unpaired) electrons. The van der Waals surface area contributed by atoms with Crippen molar-refractivity contribution in [1.82, 2.24) is 24.5 Å². The Morgan fingerprint density at radius 2 is 2.00 bits per heavy atom. The maximum Gasteiger partial charge on any atom is 0.290 e. The zero-order valence-electron chi connectivity index (χ0n) is 17.4. The first-order chi connectivity index (χ1) is 15.5. The van der Waals surface area contributed by atoms with Crippen LogP contribution >= 0.6 is 0 Å². The second kappa shape index (κ2) is 7.08. The summed E-state index contributed by atoms with van der Waals surface area (Å²) in [5, 5.41) is 5.15. The Morgan fingerprint density at radius 1 is 1.19 bits per heavy atom. The van der Waals surface area contributed by atoms with E-state index in [1.807, 2.05) is 36.1 Å². The molecule has 1 aromatic carbocycles. The van der Waals surface area contributed by atoms with Crippen LogP contribution in [0.1, 0.15) is 65.5 Å². The van der Waals surface area contributed by atoms with Gasteiger partial charge in [0, 0.05) is 29.0 Å². The molecule has 0 spiro atoms. The molecular formula is C23H21F2N5O2. The maximum atomic E-state index is 13.7. The molecule has 2 aliphatic heterocycles. The van der Waals surface area contributed by atoms with Gasteiger partial charge in [0.1, 0.15) is 17.6 Å². The minimum atomic E-state index is -2.70. The van der Waals surface area contributed by atoms with Crippen molar-refractivity contribution in [3.63, 3.8) is 0 Å². The number of nitrogens with zero attached hydrogens (tertiary/aromatic N) is 5. The molecule has 2 bridgehead atoms. The number of aryl methyl sites for hydroxylation is 1. The fraction of sp³-hybridized carbons (Fsp3) is 0.391. The van der Waals surface area contributed by atoms with E-state index in [-0.39, 0.29) is 35.4 Å². The Hall–Kier alpha value is -3.36. The summed E-state index contributed by atoms with van der Waals surface area (Å²) < 4.78 is 34.5. The zero-order chi connectivity index (χ0) is 22.0. The van der Waals surface area contributed by atoms with Crippen molar-refractivity contribution in [3.05, 3.63) is 59.4 Å². The standard InChI is InChI=1S/C23H21F2N5O2/c1-12-14-4-2-3-5-19(14)32-20(12)22(31)29-13-6-8-15(17(29)9-7-13)18-10-16(21(24)25)28-23-26-11-27-30(18)23/h2-5,10-11,13,15,17,21H,6-9H2,1H3/t13-,15-,17-/m0/s1. The number of para-hydroxylation sites is 1. The number of carbonyl (C=O) groups is 1. The molecule has 5 heterocycles. The first kappa shape index (κ1) is 19.3. The molecule has 7 nitrogen and oxygen atoms in total. The molecule has 0 aliphatic carbocycles. The largest absolute Gasteiger partial charge is 0.451 e. The van der Waals surface area contributed by atoms with Gasteiger partial charge in [-0.05, 0) is 44.7 Å². The Morgan fingerprint density at radius 3 is 2.81 bits per heavy atom. The van der Waals surface area contributed by atoms with E-state index in [0.29, 0.717) is 17.0 Å². The van der Waals surface area contributed by atoms with E-state index in [2.05, 4.69) is 15.1 Å². The van der Waals surface area contributed by atoms with Crippen LogP contribution in [-0.4, -0.2) is 42.5 Å². The van der Waals surface area contributed by atoms with Crippen molar-refractivity contribution in [1.29, 1.82) is 0 Å². The SMILES string of the molecule is Cc1c(C(=O)N2[C@H]3CC[C@H](c4cc(C(F)F)nc5ncnn45)[C@@H]2CC3)oc2ccccc12.